The fraction of sp³-hybridized carbons (Fsp3) is 0.348. The summed E-state index contributed by atoms with van der Waals surface area (Å²) in [7, 11) is 0. The van der Waals surface area contributed by atoms with Crippen molar-refractivity contribution in [1.82, 2.24) is 14.8 Å². The van der Waals surface area contributed by atoms with E-state index in [0.29, 0.717) is 12.0 Å². The number of hydrogen-bond acceptors (Lipinski definition) is 3. The SMILES string of the molecule is CCCn1nc(C(C)(C)C)nc1Cc1ccc(-c2ccccc2C(=O)O)cc1. The molecule has 0 spiro atoms. The van der Waals surface area contributed by atoms with Crippen LogP contribution < -0.4 is 0 Å². The van der Waals surface area contributed by atoms with Crippen LogP contribution in [-0.2, 0) is 18.4 Å². The molecule has 0 bridgehead atoms. The molecule has 0 atom stereocenters. The molecule has 3 aromatic rings. The maximum Gasteiger partial charge on any atom is 0.336 e. The van der Waals surface area contributed by atoms with E-state index < -0.39 is 5.97 Å². The van der Waals surface area contributed by atoms with Crippen LogP contribution in [0.4, 0.5) is 0 Å². The summed E-state index contributed by atoms with van der Waals surface area (Å²) in [5.41, 5.74) is 2.98. The van der Waals surface area contributed by atoms with Gasteiger partial charge in [0.2, 0.25) is 0 Å². The molecule has 0 saturated carbocycles. The van der Waals surface area contributed by atoms with Crippen molar-refractivity contribution in [1.29, 1.82) is 0 Å². The van der Waals surface area contributed by atoms with Crippen LogP contribution in [-0.4, -0.2) is 25.8 Å². The molecule has 146 valence electrons. The van der Waals surface area contributed by atoms with Gasteiger partial charge in [-0.25, -0.2) is 14.5 Å². The number of carboxylic acids is 1. The van der Waals surface area contributed by atoms with Gasteiger partial charge in [0, 0.05) is 18.4 Å². The first kappa shape index (κ1) is 19.8. The van der Waals surface area contributed by atoms with Gasteiger partial charge in [-0.1, -0.05) is 70.2 Å². The zero-order valence-corrected chi connectivity index (χ0v) is 16.9. The predicted molar refractivity (Wildman–Crippen MR) is 111 cm³/mol. The molecular weight excluding hydrogens is 350 g/mol. The zero-order chi connectivity index (χ0) is 20.3. The average Bonchev–Trinajstić information content (AvgIpc) is 3.06. The molecule has 1 N–H and O–H groups in total. The Balaban J connectivity index is 1.88. The van der Waals surface area contributed by atoms with Gasteiger partial charge in [0.25, 0.3) is 0 Å². The average molecular weight is 377 g/mol. The van der Waals surface area contributed by atoms with E-state index in [1.807, 2.05) is 41.1 Å². The van der Waals surface area contributed by atoms with E-state index in [9.17, 15) is 9.90 Å². The molecule has 5 heteroatoms. The van der Waals surface area contributed by atoms with Crippen LogP contribution >= 0.6 is 0 Å². The fourth-order valence-corrected chi connectivity index (χ4v) is 3.12. The van der Waals surface area contributed by atoms with Gasteiger partial charge in [0.15, 0.2) is 5.82 Å². The Morgan fingerprint density at radius 1 is 1.07 bits per heavy atom. The molecule has 0 radical (unpaired) electrons. The molecule has 0 aliphatic carbocycles. The molecular formula is C23H27N3O2. The Bertz CT molecular complexity index is 966. The van der Waals surface area contributed by atoms with Gasteiger partial charge >= 0.3 is 5.97 Å². The van der Waals surface area contributed by atoms with Gasteiger partial charge < -0.3 is 5.11 Å². The summed E-state index contributed by atoms with van der Waals surface area (Å²) >= 11 is 0. The lowest BCUT2D eigenvalue weighted by atomic mass is 9.96. The number of aryl methyl sites for hydroxylation is 1. The number of nitrogens with zero attached hydrogens (tertiary/aromatic N) is 3. The Kier molecular flexibility index (Phi) is 5.63. The topological polar surface area (TPSA) is 68.0 Å². The van der Waals surface area contributed by atoms with E-state index in [4.69, 9.17) is 10.1 Å². The van der Waals surface area contributed by atoms with E-state index >= 15 is 0 Å². The summed E-state index contributed by atoms with van der Waals surface area (Å²) in [5.74, 6) is 0.912. The third kappa shape index (κ3) is 4.30. The largest absolute Gasteiger partial charge is 0.478 e. The summed E-state index contributed by atoms with van der Waals surface area (Å²) in [6.45, 7) is 9.35. The molecule has 1 heterocycles. The minimum Gasteiger partial charge on any atom is -0.478 e. The number of rotatable bonds is 6. The molecule has 0 amide bonds. The van der Waals surface area contributed by atoms with Crippen LogP contribution in [0.2, 0.25) is 0 Å². The van der Waals surface area contributed by atoms with Crippen LogP contribution in [0.25, 0.3) is 11.1 Å². The first-order chi connectivity index (χ1) is 13.3. The molecule has 0 aliphatic rings. The summed E-state index contributed by atoms with van der Waals surface area (Å²) in [5, 5.41) is 14.1. The Morgan fingerprint density at radius 2 is 1.75 bits per heavy atom. The molecule has 0 fully saturated rings. The molecule has 0 unspecified atom stereocenters. The van der Waals surface area contributed by atoms with Crippen molar-refractivity contribution in [2.45, 2.75) is 52.5 Å². The van der Waals surface area contributed by atoms with E-state index in [2.05, 4.69) is 27.7 Å². The third-order valence-electron chi connectivity index (χ3n) is 4.64. The van der Waals surface area contributed by atoms with Crippen molar-refractivity contribution in [3.8, 4) is 11.1 Å². The van der Waals surface area contributed by atoms with Gasteiger partial charge in [-0.2, -0.15) is 5.10 Å². The number of carboxylic acid groups (broad SMARTS) is 1. The summed E-state index contributed by atoms with van der Waals surface area (Å²) in [6, 6.07) is 15.1. The van der Waals surface area contributed by atoms with Crippen molar-refractivity contribution in [3.63, 3.8) is 0 Å². The summed E-state index contributed by atoms with van der Waals surface area (Å²) in [6.07, 6.45) is 1.70. The maximum absolute atomic E-state index is 11.5. The molecule has 0 saturated heterocycles. The van der Waals surface area contributed by atoms with Crippen molar-refractivity contribution >= 4 is 5.97 Å². The minimum absolute atomic E-state index is 0.0852. The Morgan fingerprint density at radius 3 is 2.36 bits per heavy atom. The highest BCUT2D eigenvalue weighted by Crippen LogP contribution is 2.25. The Hall–Kier alpha value is -2.95. The van der Waals surface area contributed by atoms with E-state index in [1.54, 1.807) is 12.1 Å². The predicted octanol–water partition coefficient (Wildman–Crippen LogP) is 4.94. The normalized spacial score (nSPS) is 11.6. The van der Waals surface area contributed by atoms with Crippen LogP contribution in [0.1, 0.15) is 61.7 Å². The van der Waals surface area contributed by atoms with E-state index in [-0.39, 0.29) is 5.41 Å². The van der Waals surface area contributed by atoms with Gasteiger partial charge in [-0.05, 0) is 29.2 Å². The van der Waals surface area contributed by atoms with Crippen molar-refractivity contribution in [2.75, 3.05) is 0 Å². The standard InChI is InChI=1S/C23H27N3O2/c1-5-14-26-20(24-22(25-26)23(2,3)4)15-16-10-12-17(13-11-16)18-8-6-7-9-19(18)21(27)28/h6-13H,5,14-15H2,1-4H3,(H,27,28). The summed E-state index contributed by atoms with van der Waals surface area (Å²) < 4.78 is 2.01. The second kappa shape index (κ2) is 7.97. The number of aromatic nitrogens is 3. The monoisotopic (exact) mass is 377 g/mol. The van der Waals surface area contributed by atoms with E-state index in [0.717, 1.165) is 41.3 Å². The second-order valence-electron chi connectivity index (χ2n) is 8.05. The lowest BCUT2D eigenvalue weighted by Crippen LogP contribution is -2.14. The smallest absolute Gasteiger partial charge is 0.336 e. The third-order valence-corrected chi connectivity index (χ3v) is 4.64. The Labute approximate surface area is 166 Å². The maximum atomic E-state index is 11.5. The van der Waals surface area contributed by atoms with Gasteiger partial charge in [-0.15, -0.1) is 0 Å². The minimum atomic E-state index is -0.915. The number of hydrogen-bond donors (Lipinski definition) is 1. The molecule has 5 nitrogen and oxygen atoms in total. The van der Waals surface area contributed by atoms with Crippen molar-refractivity contribution in [3.05, 3.63) is 71.3 Å². The molecule has 28 heavy (non-hydrogen) atoms. The van der Waals surface area contributed by atoms with E-state index in [1.165, 1.54) is 0 Å². The highest BCUT2D eigenvalue weighted by Gasteiger charge is 2.21. The highest BCUT2D eigenvalue weighted by molar-refractivity contribution is 5.95. The van der Waals surface area contributed by atoms with Crippen LogP contribution in [0, 0.1) is 0 Å². The number of aromatic carboxylic acids is 1. The van der Waals surface area contributed by atoms with Gasteiger partial charge in [0.05, 0.1) is 5.56 Å². The highest BCUT2D eigenvalue weighted by atomic mass is 16.4. The first-order valence-corrected chi connectivity index (χ1v) is 9.65. The summed E-state index contributed by atoms with van der Waals surface area (Å²) in [4.78, 5) is 16.3. The zero-order valence-electron chi connectivity index (χ0n) is 16.9. The lowest BCUT2D eigenvalue weighted by molar-refractivity contribution is 0.0697. The fourth-order valence-electron chi connectivity index (χ4n) is 3.12. The molecule has 3 rings (SSSR count). The van der Waals surface area contributed by atoms with Gasteiger partial charge in [-0.3, -0.25) is 0 Å². The first-order valence-electron chi connectivity index (χ1n) is 9.65. The van der Waals surface area contributed by atoms with Crippen molar-refractivity contribution in [2.24, 2.45) is 0 Å². The molecule has 0 aliphatic heterocycles. The number of carbonyl (C=O) groups is 1. The van der Waals surface area contributed by atoms with Crippen LogP contribution in [0.5, 0.6) is 0 Å². The quantitative estimate of drug-likeness (QED) is 0.660. The molecule has 2 aromatic carbocycles. The van der Waals surface area contributed by atoms with Crippen LogP contribution in [0.3, 0.4) is 0 Å². The second-order valence-corrected chi connectivity index (χ2v) is 8.05. The molecule has 1 aromatic heterocycles. The lowest BCUT2D eigenvalue weighted by Gasteiger charge is -2.12. The van der Waals surface area contributed by atoms with Crippen molar-refractivity contribution < 1.29 is 9.90 Å². The van der Waals surface area contributed by atoms with Gasteiger partial charge in [0.1, 0.15) is 5.82 Å². The van der Waals surface area contributed by atoms with Crippen LogP contribution in [0.15, 0.2) is 48.5 Å². The number of benzene rings is 2.